The van der Waals surface area contributed by atoms with Crippen molar-refractivity contribution in [3.05, 3.63) is 0 Å². The molecule has 2 fully saturated rings. The Kier molecular flexibility index (Phi) is 3.59. The van der Waals surface area contributed by atoms with Gasteiger partial charge in [-0.1, -0.05) is 0 Å². The van der Waals surface area contributed by atoms with Crippen LogP contribution in [0.5, 0.6) is 0 Å². The molecule has 1 amide bonds. The van der Waals surface area contributed by atoms with Crippen molar-refractivity contribution < 1.29 is 4.79 Å². The first kappa shape index (κ1) is 10.9. The molecule has 1 atom stereocenters. The van der Waals surface area contributed by atoms with Crippen LogP contribution in [0, 0.1) is 0 Å². The predicted octanol–water partition coefficient (Wildman–Crippen LogP) is -0.0512. The minimum absolute atomic E-state index is 0.104. The lowest BCUT2D eigenvalue weighted by molar-refractivity contribution is -0.119. The summed E-state index contributed by atoms with van der Waals surface area (Å²) in [6.07, 6.45) is 3.63. The standard InChI is InChI=1S/C11H21N3O/c1-9(15)13-10-4-7-14(8-10)11-2-5-12-6-3-11/h10-12H,2-8H2,1H3,(H,13,15)/t10-/m0/s1. The maximum atomic E-state index is 10.9. The lowest BCUT2D eigenvalue weighted by Gasteiger charge is -2.31. The van der Waals surface area contributed by atoms with Crippen LogP contribution >= 0.6 is 0 Å². The van der Waals surface area contributed by atoms with Crippen molar-refractivity contribution in [3.63, 3.8) is 0 Å². The third-order valence-corrected chi connectivity index (χ3v) is 3.45. The smallest absolute Gasteiger partial charge is 0.217 e. The van der Waals surface area contributed by atoms with E-state index >= 15 is 0 Å². The van der Waals surface area contributed by atoms with Crippen LogP contribution in [0.25, 0.3) is 0 Å². The molecule has 2 saturated heterocycles. The molecule has 15 heavy (non-hydrogen) atoms. The summed E-state index contributed by atoms with van der Waals surface area (Å²) < 4.78 is 0. The van der Waals surface area contributed by atoms with Gasteiger partial charge in [0.05, 0.1) is 0 Å². The predicted molar refractivity (Wildman–Crippen MR) is 59.7 cm³/mol. The largest absolute Gasteiger partial charge is 0.352 e. The van der Waals surface area contributed by atoms with E-state index in [0.717, 1.165) is 38.6 Å². The number of piperidine rings is 1. The van der Waals surface area contributed by atoms with Crippen LogP contribution in [0.2, 0.25) is 0 Å². The van der Waals surface area contributed by atoms with E-state index in [1.54, 1.807) is 6.92 Å². The van der Waals surface area contributed by atoms with Crippen molar-refractivity contribution >= 4 is 5.91 Å². The van der Waals surface area contributed by atoms with E-state index in [4.69, 9.17) is 0 Å². The average molecular weight is 211 g/mol. The van der Waals surface area contributed by atoms with E-state index in [1.165, 1.54) is 12.8 Å². The van der Waals surface area contributed by atoms with Crippen molar-refractivity contribution in [2.45, 2.75) is 38.3 Å². The topological polar surface area (TPSA) is 44.4 Å². The lowest BCUT2D eigenvalue weighted by Crippen LogP contribution is -2.43. The number of nitrogens with zero attached hydrogens (tertiary/aromatic N) is 1. The van der Waals surface area contributed by atoms with Crippen LogP contribution in [-0.4, -0.2) is 49.1 Å². The molecular weight excluding hydrogens is 190 g/mol. The molecule has 0 aromatic heterocycles. The summed E-state index contributed by atoms with van der Waals surface area (Å²) in [7, 11) is 0. The highest BCUT2D eigenvalue weighted by atomic mass is 16.1. The van der Waals surface area contributed by atoms with Gasteiger partial charge in [0.25, 0.3) is 0 Å². The monoisotopic (exact) mass is 211 g/mol. The van der Waals surface area contributed by atoms with Gasteiger partial charge in [-0.3, -0.25) is 9.69 Å². The molecule has 0 spiro atoms. The molecular formula is C11H21N3O. The van der Waals surface area contributed by atoms with Gasteiger partial charge in [0.2, 0.25) is 5.91 Å². The highest BCUT2D eigenvalue weighted by Gasteiger charge is 2.29. The summed E-state index contributed by atoms with van der Waals surface area (Å²) in [5.74, 6) is 0.104. The van der Waals surface area contributed by atoms with E-state index in [2.05, 4.69) is 15.5 Å². The summed E-state index contributed by atoms with van der Waals surface area (Å²) >= 11 is 0. The van der Waals surface area contributed by atoms with Gasteiger partial charge in [-0.2, -0.15) is 0 Å². The molecule has 86 valence electrons. The van der Waals surface area contributed by atoms with E-state index in [-0.39, 0.29) is 5.91 Å². The first-order valence-corrected chi connectivity index (χ1v) is 5.97. The Labute approximate surface area is 91.4 Å². The maximum Gasteiger partial charge on any atom is 0.217 e. The van der Waals surface area contributed by atoms with E-state index in [1.807, 2.05) is 0 Å². The second kappa shape index (κ2) is 4.94. The Morgan fingerprint density at radius 3 is 2.73 bits per heavy atom. The van der Waals surface area contributed by atoms with Gasteiger partial charge in [-0.05, 0) is 32.4 Å². The average Bonchev–Trinajstić information content (AvgIpc) is 2.67. The zero-order valence-electron chi connectivity index (χ0n) is 9.46. The summed E-state index contributed by atoms with van der Waals surface area (Å²) in [5.41, 5.74) is 0. The number of hydrogen-bond donors (Lipinski definition) is 2. The number of amides is 1. The Morgan fingerprint density at radius 1 is 1.33 bits per heavy atom. The van der Waals surface area contributed by atoms with Crippen LogP contribution in [0.4, 0.5) is 0 Å². The van der Waals surface area contributed by atoms with Gasteiger partial charge in [-0.15, -0.1) is 0 Å². The minimum atomic E-state index is 0.104. The Hall–Kier alpha value is -0.610. The van der Waals surface area contributed by atoms with Gasteiger partial charge >= 0.3 is 0 Å². The normalized spacial score (nSPS) is 29.3. The van der Waals surface area contributed by atoms with Crippen molar-refractivity contribution in [1.29, 1.82) is 0 Å². The molecule has 0 aromatic carbocycles. The molecule has 0 saturated carbocycles. The molecule has 0 aromatic rings. The third-order valence-electron chi connectivity index (χ3n) is 3.45. The van der Waals surface area contributed by atoms with Crippen molar-refractivity contribution in [1.82, 2.24) is 15.5 Å². The summed E-state index contributed by atoms with van der Waals surface area (Å²) in [6.45, 7) is 6.09. The summed E-state index contributed by atoms with van der Waals surface area (Å²) in [5, 5.41) is 6.40. The zero-order chi connectivity index (χ0) is 10.7. The van der Waals surface area contributed by atoms with Gasteiger partial charge in [-0.25, -0.2) is 0 Å². The number of likely N-dealkylation sites (tertiary alicyclic amines) is 1. The van der Waals surface area contributed by atoms with Gasteiger partial charge in [0.15, 0.2) is 0 Å². The highest BCUT2D eigenvalue weighted by Crippen LogP contribution is 2.18. The molecule has 0 radical (unpaired) electrons. The van der Waals surface area contributed by atoms with Crippen LogP contribution in [0.3, 0.4) is 0 Å². The number of nitrogens with one attached hydrogen (secondary N) is 2. The second-order valence-corrected chi connectivity index (χ2v) is 4.66. The first-order chi connectivity index (χ1) is 7.25. The van der Waals surface area contributed by atoms with Gasteiger partial charge < -0.3 is 10.6 Å². The van der Waals surface area contributed by atoms with Crippen LogP contribution in [0.1, 0.15) is 26.2 Å². The SMILES string of the molecule is CC(=O)N[C@H]1CCN(C2CCNCC2)C1. The Bertz CT molecular complexity index is 226. The number of carbonyl (C=O) groups excluding carboxylic acids is 1. The Morgan fingerprint density at radius 2 is 2.07 bits per heavy atom. The van der Waals surface area contributed by atoms with Crippen molar-refractivity contribution in [2.75, 3.05) is 26.2 Å². The molecule has 2 aliphatic rings. The molecule has 0 unspecified atom stereocenters. The maximum absolute atomic E-state index is 10.9. The van der Waals surface area contributed by atoms with E-state index in [9.17, 15) is 4.79 Å². The molecule has 4 nitrogen and oxygen atoms in total. The molecule has 2 aliphatic heterocycles. The fraction of sp³-hybridized carbons (Fsp3) is 0.909. The molecule has 2 N–H and O–H groups in total. The Balaban J connectivity index is 1.78. The second-order valence-electron chi connectivity index (χ2n) is 4.66. The minimum Gasteiger partial charge on any atom is -0.352 e. The molecule has 0 bridgehead atoms. The zero-order valence-corrected chi connectivity index (χ0v) is 9.46. The van der Waals surface area contributed by atoms with Crippen LogP contribution in [-0.2, 0) is 4.79 Å². The van der Waals surface area contributed by atoms with Gasteiger partial charge in [0, 0.05) is 32.1 Å². The highest BCUT2D eigenvalue weighted by molar-refractivity contribution is 5.73. The van der Waals surface area contributed by atoms with E-state index in [0.29, 0.717) is 6.04 Å². The fourth-order valence-electron chi connectivity index (χ4n) is 2.70. The summed E-state index contributed by atoms with van der Waals surface area (Å²) in [4.78, 5) is 13.5. The number of carbonyl (C=O) groups is 1. The van der Waals surface area contributed by atoms with E-state index < -0.39 is 0 Å². The first-order valence-electron chi connectivity index (χ1n) is 5.97. The molecule has 2 rings (SSSR count). The molecule has 0 aliphatic carbocycles. The van der Waals surface area contributed by atoms with Crippen LogP contribution < -0.4 is 10.6 Å². The quantitative estimate of drug-likeness (QED) is 0.673. The lowest BCUT2D eigenvalue weighted by atomic mass is 10.1. The third kappa shape index (κ3) is 2.92. The van der Waals surface area contributed by atoms with Crippen LogP contribution in [0.15, 0.2) is 0 Å². The number of hydrogen-bond acceptors (Lipinski definition) is 3. The molecule has 2 heterocycles. The van der Waals surface area contributed by atoms with Crippen molar-refractivity contribution in [2.24, 2.45) is 0 Å². The summed E-state index contributed by atoms with van der Waals surface area (Å²) in [6, 6.07) is 1.13. The molecule has 4 heteroatoms. The van der Waals surface area contributed by atoms with Crippen molar-refractivity contribution in [3.8, 4) is 0 Å². The number of rotatable bonds is 2. The van der Waals surface area contributed by atoms with Gasteiger partial charge in [0.1, 0.15) is 0 Å². The fourth-order valence-corrected chi connectivity index (χ4v) is 2.70.